The molecule has 7 heteroatoms. The lowest BCUT2D eigenvalue weighted by Crippen LogP contribution is -2.27. The molecule has 1 aromatic carbocycles. The van der Waals surface area contributed by atoms with Crippen molar-refractivity contribution in [3.63, 3.8) is 0 Å². The van der Waals surface area contributed by atoms with E-state index in [-0.39, 0.29) is 11.2 Å². The Morgan fingerprint density at radius 2 is 2.04 bits per heavy atom. The van der Waals surface area contributed by atoms with Gasteiger partial charge in [-0.2, -0.15) is 0 Å². The molecule has 3 rings (SSSR count). The largest absolute Gasteiger partial charge is 0.467 e. The zero-order valence-corrected chi connectivity index (χ0v) is 14.3. The average Bonchev–Trinajstić information content (AvgIpc) is 3.25. The van der Waals surface area contributed by atoms with Crippen molar-refractivity contribution in [2.75, 3.05) is 14.1 Å². The first-order valence-corrected chi connectivity index (χ1v) is 8.36. The highest BCUT2D eigenvalue weighted by Crippen LogP contribution is 2.35. The molecule has 2 aromatic heterocycles. The Labute approximate surface area is 144 Å². The molecule has 3 aromatic rings. The van der Waals surface area contributed by atoms with Crippen LogP contribution in [0.5, 0.6) is 0 Å². The van der Waals surface area contributed by atoms with Crippen molar-refractivity contribution in [2.24, 2.45) is 0 Å². The van der Waals surface area contributed by atoms with Crippen molar-refractivity contribution in [1.29, 1.82) is 0 Å². The molecule has 0 fully saturated rings. The predicted octanol–water partition coefficient (Wildman–Crippen LogP) is 2.84. The van der Waals surface area contributed by atoms with Crippen LogP contribution in [0.15, 0.2) is 64.6 Å². The monoisotopic (exact) mass is 342 g/mol. The fraction of sp³-hybridized carbons (Fsp3) is 0.235. The van der Waals surface area contributed by atoms with Crippen LogP contribution in [0.2, 0.25) is 0 Å². The van der Waals surface area contributed by atoms with Crippen LogP contribution in [0, 0.1) is 0 Å². The summed E-state index contributed by atoms with van der Waals surface area (Å²) in [5.74, 6) is 0.825. The van der Waals surface area contributed by atoms with Gasteiger partial charge in [0.2, 0.25) is 5.91 Å². The van der Waals surface area contributed by atoms with Gasteiger partial charge in [0.1, 0.15) is 17.3 Å². The van der Waals surface area contributed by atoms with Gasteiger partial charge in [0.25, 0.3) is 0 Å². The Morgan fingerprint density at radius 1 is 1.25 bits per heavy atom. The molecule has 0 aliphatic rings. The van der Waals surface area contributed by atoms with Crippen molar-refractivity contribution in [1.82, 2.24) is 19.7 Å². The Hall–Kier alpha value is -2.54. The lowest BCUT2D eigenvalue weighted by atomic mass is 10.1. The van der Waals surface area contributed by atoms with Crippen molar-refractivity contribution in [3.05, 3.63) is 66.4 Å². The zero-order valence-electron chi connectivity index (χ0n) is 13.5. The maximum atomic E-state index is 12.6. The number of amides is 1. The van der Waals surface area contributed by atoms with Crippen LogP contribution in [0.3, 0.4) is 0 Å². The van der Waals surface area contributed by atoms with Gasteiger partial charge in [-0.15, -0.1) is 10.2 Å². The molecule has 0 radical (unpaired) electrons. The first-order valence-electron chi connectivity index (χ1n) is 7.48. The third-order valence-electron chi connectivity index (χ3n) is 3.48. The highest BCUT2D eigenvalue weighted by molar-refractivity contribution is 8.00. The number of aromatic nitrogens is 3. The van der Waals surface area contributed by atoms with Gasteiger partial charge in [-0.25, -0.2) is 0 Å². The zero-order chi connectivity index (χ0) is 16.9. The van der Waals surface area contributed by atoms with Crippen LogP contribution in [0.4, 0.5) is 0 Å². The number of furan rings is 1. The van der Waals surface area contributed by atoms with Gasteiger partial charge in [-0.05, 0) is 17.7 Å². The number of carbonyl (C=O) groups excluding carboxylic acids is 1. The molecule has 1 amide bonds. The van der Waals surface area contributed by atoms with Gasteiger partial charge in [-0.1, -0.05) is 42.1 Å². The highest BCUT2D eigenvalue weighted by atomic mass is 32.2. The van der Waals surface area contributed by atoms with E-state index in [0.29, 0.717) is 11.7 Å². The van der Waals surface area contributed by atoms with E-state index >= 15 is 0 Å². The smallest absolute Gasteiger partial charge is 0.240 e. The number of rotatable bonds is 6. The highest BCUT2D eigenvalue weighted by Gasteiger charge is 2.25. The van der Waals surface area contributed by atoms with Crippen LogP contribution in [0.1, 0.15) is 16.6 Å². The molecule has 6 nitrogen and oxygen atoms in total. The Balaban J connectivity index is 1.86. The molecule has 0 spiro atoms. The summed E-state index contributed by atoms with van der Waals surface area (Å²) in [7, 11) is 3.51. The van der Waals surface area contributed by atoms with E-state index in [9.17, 15) is 4.79 Å². The summed E-state index contributed by atoms with van der Waals surface area (Å²) < 4.78 is 7.25. The molecule has 124 valence electrons. The Kier molecular flexibility index (Phi) is 5.00. The van der Waals surface area contributed by atoms with E-state index < -0.39 is 0 Å². The lowest BCUT2D eigenvalue weighted by Gasteiger charge is -2.20. The minimum absolute atomic E-state index is 0.0127. The number of benzene rings is 1. The second-order valence-electron chi connectivity index (χ2n) is 5.46. The van der Waals surface area contributed by atoms with Gasteiger partial charge in [-0.3, -0.25) is 4.79 Å². The Bertz CT molecular complexity index is 784. The van der Waals surface area contributed by atoms with Crippen LogP contribution in [-0.4, -0.2) is 39.7 Å². The van der Waals surface area contributed by atoms with Gasteiger partial charge in [0.05, 0.1) is 12.8 Å². The van der Waals surface area contributed by atoms with Crippen molar-refractivity contribution >= 4 is 17.7 Å². The normalized spacial score (nSPS) is 12.1. The van der Waals surface area contributed by atoms with Crippen LogP contribution >= 0.6 is 11.8 Å². The quantitative estimate of drug-likeness (QED) is 0.645. The van der Waals surface area contributed by atoms with Crippen LogP contribution < -0.4 is 0 Å². The fourth-order valence-corrected chi connectivity index (χ4v) is 3.40. The summed E-state index contributed by atoms with van der Waals surface area (Å²) in [6.45, 7) is 0.528. The molecule has 2 heterocycles. The van der Waals surface area contributed by atoms with E-state index in [4.69, 9.17) is 4.42 Å². The molecule has 0 saturated heterocycles. The number of carbonyl (C=O) groups is 1. The van der Waals surface area contributed by atoms with E-state index in [2.05, 4.69) is 10.2 Å². The summed E-state index contributed by atoms with van der Waals surface area (Å²) in [5.41, 5.74) is 0.939. The summed E-state index contributed by atoms with van der Waals surface area (Å²) >= 11 is 1.39. The van der Waals surface area contributed by atoms with Crippen LogP contribution in [0.25, 0.3) is 0 Å². The Morgan fingerprint density at radius 3 is 2.71 bits per heavy atom. The maximum Gasteiger partial charge on any atom is 0.240 e. The first kappa shape index (κ1) is 16.3. The summed E-state index contributed by atoms with van der Waals surface area (Å²) in [6, 6.07) is 13.4. The molecule has 0 aliphatic heterocycles. The van der Waals surface area contributed by atoms with E-state index in [1.165, 1.54) is 11.8 Å². The SMILES string of the molecule is CN(C)C(=O)[C@@H](Sc1nncn1Cc1ccco1)c1ccccc1. The number of likely N-dealkylation sites (N-methyl/N-ethyl adjacent to an activating group) is 1. The second-order valence-corrected chi connectivity index (χ2v) is 6.53. The van der Waals surface area contributed by atoms with Gasteiger partial charge in [0, 0.05) is 14.1 Å². The van der Waals surface area contributed by atoms with Gasteiger partial charge < -0.3 is 13.9 Å². The third-order valence-corrected chi connectivity index (χ3v) is 4.71. The number of nitrogens with zero attached hydrogens (tertiary/aromatic N) is 4. The number of hydrogen-bond donors (Lipinski definition) is 0. The average molecular weight is 342 g/mol. The molecular formula is C17H18N4O2S. The first-order chi connectivity index (χ1) is 11.6. The summed E-state index contributed by atoms with van der Waals surface area (Å²) in [5, 5.41) is 8.45. The van der Waals surface area contributed by atoms with E-state index in [1.807, 2.05) is 47.0 Å². The topological polar surface area (TPSA) is 64.2 Å². The lowest BCUT2D eigenvalue weighted by molar-refractivity contribution is -0.128. The van der Waals surface area contributed by atoms with Crippen molar-refractivity contribution in [3.8, 4) is 0 Å². The number of thioether (sulfide) groups is 1. The maximum absolute atomic E-state index is 12.6. The number of hydrogen-bond acceptors (Lipinski definition) is 5. The van der Waals surface area contributed by atoms with Crippen molar-refractivity contribution < 1.29 is 9.21 Å². The molecule has 0 saturated carbocycles. The minimum Gasteiger partial charge on any atom is -0.467 e. The van der Waals surface area contributed by atoms with E-state index in [0.717, 1.165) is 11.3 Å². The van der Waals surface area contributed by atoms with E-state index in [1.54, 1.807) is 31.6 Å². The summed E-state index contributed by atoms with van der Waals surface area (Å²) in [4.78, 5) is 14.2. The molecule has 0 aliphatic carbocycles. The molecule has 0 bridgehead atoms. The van der Waals surface area contributed by atoms with Crippen molar-refractivity contribution in [2.45, 2.75) is 17.0 Å². The molecule has 1 atom stereocenters. The van der Waals surface area contributed by atoms with Gasteiger partial charge in [0.15, 0.2) is 5.16 Å². The second kappa shape index (κ2) is 7.35. The molecular weight excluding hydrogens is 324 g/mol. The fourth-order valence-electron chi connectivity index (χ4n) is 2.24. The standard InChI is InChI=1S/C17H18N4O2S/c1-20(2)16(22)15(13-7-4-3-5-8-13)24-17-19-18-12-21(17)11-14-9-6-10-23-14/h3-10,12,15H,11H2,1-2H3/t15-/m0/s1. The molecule has 24 heavy (non-hydrogen) atoms. The predicted molar refractivity (Wildman–Crippen MR) is 91.6 cm³/mol. The molecule has 0 N–H and O–H groups in total. The van der Waals surface area contributed by atoms with Gasteiger partial charge >= 0.3 is 0 Å². The van der Waals surface area contributed by atoms with Crippen LogP contribution in [-0.2, 0) is 11.3 Å². The molecule has 0 unspecified atom stereocenters. The third kappa shape index (κ3) is 3.68. The minimum atomic E-state index is -0.374. The summed E-state index contributed by atoms with van der Waals surface area (Å²) in [6.07, 6.45) is 3.28.